The molecule has 0 atom stereocenters. The second kappa shape index (κ2) is 2.18. The molecule has 6 heteroatoms. The minimum absolute atomic E-state index is 0.609. The van der Waals surface area contributed by atoms with Gasteiger partial charge in [-0.2, -0.15) is 8.78 Å². The van der Waals surface area contributed by atoms with Crippen LogP contribution in [-0.2, 0) is 0 Å². The molecule has 0 amide bonds. The predicted molar refractivity (Wildman–Crippen MR) is 24.8 cm³/mol. The highest BCUT2D eigenvalue weighted by Crippen LogP contribution is 2.08. The fraction of sp³-hybridized carbons (Fsp3) is 0. The van der Waals surface area contributed by atoms with Gasteiger partial charge in [-0.15, -0.1) is 5.10 Å². The Morgan fingerprint density at radius 1 is 1.22 bits per heavy atom. The minimum atomic E-state index is -1.34. The lowest BCUT2D eigenvalue weighted by Crippen LogP contribution is -1.96. The topological polar surface area (TPSA) is 38.7 Å². The van der Waals surface area contributed by atoms with Gasteiger partial charge in [-0.25, -0.2) is 0 Å². The first-order valence-corrected chi connectivity index (χ1v) is 2.29. The van der Waals surface area contributed by atoms with Crippen molar-refractivity contribution in [2.75, 3.05) is 0 Å². The molecule has 0 aliphatic heterocycles. The summed E-state index contributed by atoms with van der Waals surface area (Å²) >= 11 is 4.99. The minimum Gasteiger partial charge on any atom is -0.198 e. The average Bonchev–Trinajstić information content (AvgIpc) is 1.83. The number of rotatable bonds is 0. The Balaban J connectivity index is 3.25. The predicted octanol–water partition coefficient (Wildman–Crippen LogP) is 0.803. The maximum absolute atomic E-state index is 12.1. The van der Waals surface area contributed by atoms with E-state index in [1.807, 2.05) is 0 Å². The molecule has 0 N–H and O–H groups in total. The lowest BCUT2D eigenvalue weighted by Gasteiger charge is -1.87. The van der Waals surface area contributed by atoms with Gasteiger partial charge in [-0.1, -0.05) is 16.7 Å². The van der Waals surface area contributed by atoms with Gasteiger partial charge in [-0.3, -0.25) is 0 Å². The summed E-state index contributed by atoms with van der Waals surface area (Å²) in [7, 11) is 0. The van der Waals surface area contributed by atoms with Crippen molar-refractivity contribution in [3.05, 3.63) is 16.9 Å². The van der Waals surface area contributed by atoms with Crippen LogP contribution >= 0.6 is 11.6 Å². The van der Waals surface area contributed by atoms with Crippen LogP contribution in [0, 0.1) is 11.8 Å². The second-order valence-corrected chi connectivity index (χ2v) is 1.54. The monoisotopic (exact) mass is 151 g/mol. The van der Waals surface area contributed by atoms with E-state index in [2.05, 4.69) is 15.4 Å². The lowest BCUT2D eigenvalue weighted by molar-refractivity contribution is 0.452. The molecule has 9 heavy (non-hydrogen) atoms. The van der Waals surface area contributed by atoms with Crippen molar-refractivity contribution < 1.29 is 8.78 Å². The number of aromatic nitrogens is 3. The molecule has 0 aliphatic carbocycles. The molecule has 1 aromatic rings. The average molecular weight is 152 g/mol. The van der Waals surface area contributed by atoms with Gasteiger partial charge < -0.3 is 0 Å². The van der Waals surface area contributed by atoms with Crippen molar-refractivity contribution in [1.82, 2.24) is 15.4 Å². The maximum Gasteiger partial charge on any atom is 0.273 e. The number of nitrogens with zero attached hydrogens (tertiary/aromatic N) is 3. The smallest absolute Gasteiger partial charge is 0.198 e. The van der Waals surface area contributed by atoms with Crippen LogP contribution in [-0.4, -0.2) is 15.4 Å². The third-order valence-electron chi connectivity index (χ3n) is 0.627. The highest BCUT2D eigenvalue weighted by molar-refractivity contribution is 6.29. The largest absolute Gasteiger partial charge is 0.273 e. The molecule has 0 saturated heterocycles. The quantitative estimate of drug-likeness (QED) is 0.551. The summed E-state index contributed by atoms with van der Waals surface area (Å²) in [5.74, 6) is -2.61. The Labute approximate surface area is 53.7 Å². The van der Waals surface area contributed by atoms with Crippen LogP contribution in [0.1, 0.15) is 0 Å². The Morgan fingerprint density at radius 3 is 2.33 bits per heavy atom. The Morgan fingerprint density at radius 2 is 1.89 bits per heavy atom. The van der Waals surface area contributed by atoms with E-state index >= 15 is 0 Å². The second-order valence-electron chi connectivity index (χ2n) is 1.19. The number of hydrogen-bond acceptors (Lipinski definition) is 3. The van der Waals surface area contributed by atoms with E-state index in [4.69, 9.17) is 11.6 Å². The van der Waals surface area contributed by atoms with Gasteiger partial charge in [0.15, 0.2) is 5.15 Å². The molecule has 0 saturated carbocycles. The molecular weight excluding hydrogens is 152 g/mol. The van der Waals surface area contributed by atoms with Gasteiger partial charge in [0.05, 0.1) is 0 Å². The summed E-state index contributed by atoms with van der Waals surface area (Å²) < 4.78 is 24.0. The summed E-state index contributed by atoms with van der Waals surface area (Å²) in [6.07, 6.45) is 0. The summed E-state index contributed by atoms with van der Waals surface area (Å²) in [6.45, 7) is 0. The zero-order chi connectivity index (χ0) is 6.85. The highest BCUT2D eigenvalue weighted by atomic mass is 35.5. The summed E-state index contributed by atoms with van der Waals surface area (Å²) in [5.41, 5.74) is 0. The van der Waals surface area contributed by atoms with Gasteiger partial charge in [0, 0.05) is 0 Å². The molecule has 0 fully saturated rings. The van der Waals surface area contributed by atoms with E-state index in [-0.39, 0.29) is 0 Å². The third kappa shape index (κ3) is 1.10. The maximum atomic E-state index is 12.1. The number of hydrogen-bond donors (Lipinski definition) is 0. The fourth-order valence-corrected chi connectivity index (χ4v) is 0.386. The van der Waals surface area contributed by atoms with E-state index in [9.17, 15) is 8.78 Å². The van der Waals surface area contributed by atoms with Crippen LogP contribution < -0.4 is 0 Å². The molecule has 0 aliphatic rings. The van der Waals surface area contributed by atoms with Crippen LogP contribution in [0.2, 0.25) is 5.15 Å². The van der Waals surface area contributed by atoms with E-state index in [0.717, 1.165) is 0 Å². The molecule has 1 rings (SSSR count). The molecule has 1 heterocycles. The standard InChI is InChI=1S/C3ClF2N3/c4-2-1(5)3(6)8-9-7-2. The van der Waals surface area contributed by atoms with E-state index < -0.39 is 16.9 Å². The Hall–Kier alpha value is -0.840. The van der Waals surface area contributed by atoms with Crippen molar-refractivity contribution in [1.29, 1.82) is 0 Å². The lowest BCUT2D eigenvalue weighted by atomic mass is 10.6. The van der Waals surface area contributed by atoms with Crippen LogP contribution in [0.25, 0.3) is 0 Å². The molecule has 0 aromatic carbocycles. The van der Waals surface area contributed by atoms with E-state index in [1.54, 1.807) is 0 Å². The van der Waals surface area contributed by atoms with Crippen LogP contribution in [0.3, 0.4) is 0 Å². The van der Waals surface area contributed by atoms with Gasteiger partial charge >= 0.3 is 0 Å². The Bertz CT molecular complexity index is 208. The van der Waals surface area contributed by atoms with Crippen molar-refractivity contribution >= 4 is 11.6 Å². The Kier molecular flexibility index (Phi) is 1.52. The van der Waals surface area contributed by atoms with Gasteiger partial charge in [0.1, 0.15) is 0 Å². The molecule has 3 nitrogen and oxygen atoms in total. The molecule has 0 unspecified atom stereocenters. The summed E-state index contributed by atoms with van der Waals surface area (Å²) in [6, 6.07) is 0. The molecular formula is C3ClF2N3. The van der Waals surface area contributed by atoms with Crippen molar-refractivity contribution in [3.63, 3.8) is 0 Å². The summed E-state index contributed by atoms with van der Waals surface area (Å²) in [5, 5.41) is 7.77. The SMILES string of the molecule is Fc1nnnc(Cl)c1F. The van der Waals surface area contributed by atoms with Crippen molar-refractivity contribution in [2.45, 2.75) is 0 Å². The van der Waals surface area contributed by atoms with Crippen LogP contribution in [0.4, 0.5) is 8.78 Å². The first kappa shape index (κ1) is 6.28. The normalized spacial score (nSPS) is 9.67. The van der Waals surface area contributed by atoms with Crippen molar-refractivity contribution in [3.8, 4) is 0 Å². The molecule has 48 valence electrons. The third-order valence-corrected chi connectivity index (χ3v) is 0.869. The van der Waals surface area contributed by atoms with Gasteiger partial charge in [-0.05, 0) is 5.21 Å². The molecule has 0 radical (unpaired) electrons. The fourth-order valence-electron chi connectivity index (χ4n) is 0.274. The van der Waals surface area contributed by atoms with Gasteiger partial charge in [0.2, 0.25) is 5.82 Å². The van der Waals surface area contributed by atoms with Crippen LogP contribution in [0.5, 0.6) is 0 Å². The first-order chi connectivity index (χ1) is 4.22. The summed E-state index contributed by atoms with van der Waals surface area (Å²) in [4.78, 5) is 0. The molecule has 1 aromatic heterocycles. The molecule has 0 bridgehead atoms. The van der Waals surface area contributed by atoms with E-state index in [0.29, 0.717) is 0 Å². The number of halogens is 3. The highest BCUT2D eigenvalue weighted by Gasteiger charge is 2.07. The van der Waals surface area contributed by atoms with E-state index in [1.165, 1.54) is 0 Å². The molecule has 0 spiro atoms. The first-order valence-electron chi connectivity index (χ1n) is 1.91. The zero-order valence-electron chi connectivity index (χ0n) is 3.98. The van der Waals surface area contributed by atoms with Crippen molar-refractivity contribution in [2.24, 2.45) is 0 Å². The van der Waals surface area contributed by atoms with Crippen LogP contribution in [0.15, 0.2) is 0 Å². The zero-order valence-corrected chi connectivity index (χ0v) is 4.73. The van der Waals surface area contributed by atoms with Gasteiger partial charge in [0.25, 0.3) is 5.95 Å².